The minimum absolute atomic E-state index is 0.0470. The fourth-order valence-electron chi connectivity index (χ4n) is 2.22. The van der Waals surface area contributed by atoms with Gasteiger partial charge in [-0.2, -0.15) is 13.2 Å². The lowest BCUT2D eigenvalue weighted by Gasteiger charge is -2.17. The van der Waals surface area contributed by atoms with Crippen molar-refractivity contribution < 1.29 is 23.1 Å². The maximum absolute atomic E-state index is 12.6. The lowest BCUT2D eigenvalue weighted by atomic mass is 9.90. The molecule has 1 fully saturated rings. The monoisotopic (exact) mass is 336 g/mol. The van der Waals surface area contributed by atoms with Gasteiger partial charge in [0, 0.05) is 4.47 Å². The number of rotatable bonds is 4. The van der Waals surface area contributed by atoms with Crippen molar-refractivity contribution in [2.75, 3.05) is 0 Å². The number of aliphatic carboxylic acids is 1. The van der Waals surface area contributed by atoms with Gasteiger partial charge in [0.25, 0.3) is 0 Å². The second-order valence-electron chi connectivity index (χ2n) is 4.78. The third-order valence-electron chi connectivity index (χ3n) is 3.31. The summed E-state index contributed by atoms with van der Waals surface area (Å²) in [5.74, 6) is -0.873. The molecule has 2 nitrogen and oxygen atoms in total. The molecule has 0 amide bonds. The summed E-state index contributed by atoms with van der Waals surface area (Å²) < 4.78 is 38.0. The summed E-state index contributed by atoms with van der Waals surface area (Å²) in [6, 6.07) is 3.42. The molecule has 1 unspecified atom stereocenters. The molecule has 0 aromatic heterocycles. The van der Waals surface area contributed by atoms with Crippen molar-refractivity contribution in [3.63, 3.8) is 0 Å². The molecule has 6 heteroatoms. The third kappa shape index (κ3) is 3.49. The number of hydrogen-bond donors (Lipinski definition) is 1. The van der Waals surface area contributed by atoms with Gasteiger partial charge in [-0.05, 0) is 42.4 Å². The van der Waals surface area contributed by atoms with Crippen LogP contribution in [0.3, 0.4) is 0 Å². The van der Waals surface area contributed by atoms with Crippen molar-refractivity contribution in [3.8, 4) is 0 Å². The Hall–Kier alpha value is -1.04. The molecule has 1 saturated carbocycles. The van der Waals surface area contributed by atoms with Crippen LogP contribution in [0.4, 0.5) is 13.2 Å². The number of halogens is 4. The van der Waals surface area contributed by atoms with E-state index in [-0.39, 0.29) is 18.3 Å². The standard InChI is InChI=1S/C13H12BrF3O2/c14-11-5-8(13(15,16)17)3-4-9(11)10(6-12(18)19)7-1-2-7/h3-5,7,10H,1-2,6H2,(H,18,19). The number of carboxylic acid groups (broad SMARTS) is 1. The molecule has 1 N–H and O–H groups in total. The van der Waals surface area contributed by atoms with Gasteiger partial charge in [0.05, 0.1) is 12.0 Å². The van der Waals surface area contributed by atoms with Gasteiger partial charge < -0.3 is 5.11 Å². The van der Waals surface area contributed by atoms with Crippen LogP contribution in [0.1, 0.15) is 36.3 Å². The minimum atomic E-state index is -4.39. The lowest BCUT2D eigenvalue weighted by Crippen LogP contribution is -2.11. The zero-order valence-corrected chi connectivity index (χ0v) is 11.5. The fourth-order valence-corrected chi connectivity index (χ4v) is 2.89. The van der Waals surface area contributed by atoms with E-state index in [1.165, 1.54) is 6.07 Å². The first-order valence-corrected chi connectivity index (χ1v) is 6.66. The van der Waals surface area contributed by atoms with Crippen LogP contribution in [0.2, 0.25) is 0 Å². The van der Waals surface area contributed by atoms with E-state index in [0.29, 0.717) is 10.0 Å². The Morgan fingerprint density at radius 1 is 1.42 bits per heavy atom. The average molecular weight is 337 g/mol. The van der Waals surface area contributed by atoms with E-state index in [9.17, 15) is 18.0 Å². The maximum Gasteiger partial charge on any atom is 0.416 e. The first-order chi connectivity index (χ1) is 8.79. The van der Waals surface area contributed by atoms with E-state index >= 15 is 0 Å². The van der Waals surface area contributed by atoms with Crippen LogP contribution in [0, 0.1) is 5.92 Å². The number of carbonyl (C=O) groups is 1. The fraction of sp³-hybridized carbons (Fsp3) is 0.462. The maximum atomic E-state index is 12.6. The van der Waals surface area contributed by atoms with E-state index in [4.69, 9.17) is 5.11 Å². The summed E-state index contributed by atoms with van der Waals surface area (Å²) in [5, 5.41) is 8.90. The molecular weight excluding hydrogens is 325 g/mol. The topological polar surface area (TPSA) is 37.3 Å². The van der Waals surface area contributed by atoms with E-state index in [2.05, 4.69) is 15.9 Å². The first kappa shape index (κ1) is 14.4. The number of alkyl halides is 3. The van der Waals surface area contributed by atoms with Crippen molar-refractivity contribution in [1.29, 1.82) is 0 Å². The molecular formula is C13H12BrF3O2. The second kappa shape index (κ2) is 5.15. The van der Waals surface area contributed by atoms with Crippen molar-refractivity contribution in [3.05, 3.63) is 33.8 Å². The van der Waals surface area contributed by atoms with Crippen molar-refractivity contribution in [2.45, 2.75) is 31.4 Å². The largest absolute Gasteiger partial charge is 0.481 e. The Labute approximate surface area is 116 Å². The van der Waals surface area contributed by atoms with Crippen molar-refractivity contribution >= 4 is 21.9 Å². The molecule has 0 saturated heterocycles. The second-order valence-corrected chi connectivity index (χ2v) is 5.63. The summed E-state index contributed by atoms with van der Waals surface area (Å²) in [7, 11) is 0. The van der Waals surface area contributed by atoms with Gasteiger partial charge in [-0.3, -0.25) is 4.79 Å². The van der Waals surface area contributed by atoms with E-state index in [1.807, 2.05) is 0 Å². The molecule has 1 atom stereocenters. The van der Waals surface area contributed by atoms with Crippen LogP contribution >= 0.6 is 15.9 Å². The highest BCUT2D eigenvalue weighted by Gasteiger charge is 2.36. The molecule has 0 radical (unpaired) electrons. The Bertz CT molecular complexity index is 495. The molecule has 0 spiro atoms. The molecule has 1 aliphatic carbocycles. The SMILES string of the molecule is O=C(O)CC(c1ccc(C(F)(F)F)cc1Br)C1CC1. The Balaban J connectivity index is 2.30. The summed E-state index contributed by atoms with van der Waals surface area (Å²) in [6.07, 6.45) is -2.56. The van der Waals surface area contributed by atoms with Gasteiger partial charge in [0.1, 0.15) is 0 Å². The van der Waals surface area contributed by atoms with Crippen LogP contribution < -0.4 is 0 Å². The molecule has 1 aromatic carbocycles. The summed E-state index contributed by atoms with van der Waals surface area (Å²) in [6.45, 7) is 0. The van der Waals surface area contributed by atoms with Gasteiger partial charge in [0.15, 0.2) is 0 Å². The smallest absolute Gasteiger partial charge is 0.416 e. The highest BCUT2D eigenvalue weighted by atomic mass is 79.9. The van der Waals surface area contributed by atoms with Gasteiger partial charge in [-0.1, -0.05) is 22.0 Å². The zero-order chi connectivity index (χ0) is 14.2. The molecule has 0 aliphatic heterocycles. The quantitative estimate of drug-likeness (QED) is 0.882. The minimum Gasteiger partial charge on any atom is -0.481 e. The van der Waals surface area contributed by atoms with Gasteiger partial charge >= 0.3 is 12.1 Å². The number of carboxylic acids is 1. The molecule has 19 heavy (non-hydrogen) atoms. The molecule has 0 heterocycles. The summed E-state index contributed by atoms with van der Waals surface area (Å²) in [4.78, 5) is 10.9. The van der Waals surface area contributed by atoms with E-state index < -0.39 is 17.7 Å². The zero-order valence-electron chi connectivity index (χ0n) is 9.88. The van der Waals surface area contributed by atoms with Crippen LogP contribution in [0.5, 0.6) is 0 Å². The number of benzene rings is 1. The molecule has 1 aromatic rings. The van der Waals surface area contributed by atoms with Crippen molar-refractivity contribution in [1.82, 2.24) is 0 Å². The summed E-state index contributed by atoms with van der Waals surface area (Å²) >= 11 is 3.13. The molecule has 1 aliphatic rings. The average Bonchev–Trinajstić information content (AvgIpc) is 3.08. The molecule has 2 rings (SSSR count). The third-order valence-corrected chi connectivity index (χ3v) is 4.00. The predicted molar refractivity (Wildman–Crippen MR) is 66.9 cm³/mol. The van der Waals surface area contributed by atoms with Gasteiger partial charge in [-0.15, -0.1) is 0 Å². The van der Waals surface area contributed by atoms with Gasteiger partial charge in [0.2, 0.25) is 0 Å². The summed E-state index contributed by atoms with van der Waals surface area (Å²) in [5.41, 5.74) is -0.0779. The Morgan fingerprint density at radius 2 is 2.05 bits per heavy atom. The lowest BCUT2D eigenvalue weighted by molar-refractivity contribution is -0.138. The van der Waals surface area contributed by atoms with Crippen LogP contribution in [0.15, 0.2) is 22.7 Å². The van der Waals surface area contributed by atoms with E-state index in [1.54, 1.807) is 0 Å². The van der Waals surface area contributed by atoms with Crippen LogP contribution in [0.25, 0.3) is 0 Å². The normalized spacial score (nSPS) is 17.3. The van der Waals surface area contributed by atoms with Crippen LogP contribution in [-0.2, 0) is 11.0 Å². The highest BCUT2D eigenvalue weighted by molar-refractivity contribution is 9.10. The Morgan fingerprint density at radius 3 is 2.47 bits per heavy atom. The molecule has 104 valence electrons. The van der Waals surface area contributed by atoms with Crippen molar-refractivity contribution in [2.24, 2.45) is 5.92 Å². The van der Waals surface area contributed by atoms with Crippen LogP contribution in [-0.4, -0.2) is 11.1 Å². The highest BCUT2D eigenvalue weighted by Crippen LogP contribution is 2.47. The van der Waals surface area contributed by atoms with Gasteiger partial charge in [-0.25, -0.2) is 0 Å². The number of hydrogen-bond acceptors (Lipinski definition) is 1. The van der Waals surface area contributed by atoms with E-state index in [0.717, 1.165) is 25.0 Å². The Kier molecular flexibility index (Phi) is 3.90. The first-order valence-electron chi connectivity index (χ1n) is 5.87. The molecule has 0 bridgehead atoms. The predicted octanol–water partition coefficient (Wildman–Crippen LogP) is 4.44.